The Bertz CT molecular complexity index is 1370. The van der Waals surface area contributed by atoms with Crippen molar-refractivity contribution >= 4 is 17.5 Å². The summed E-state index contributed by atoms with van der Waals surface area (Å²) >= 11 is 0. The van der Waals surface area contributed by atoms with Crippen LogP contribution in [0.1, 0.15) is 41.9 Å². The average molecular weight is 479 g/mol. The smallest absolute Gasteiger partial charge is 0.255 e. The molecule has 4 aromatic rings. The van der Waals surface area contributed by atoms with Crippen LogP contribution in [0.4, 0.5) is 5.69 Å². The van der Waals surface area contributed by atoms with Gasteiger partial charge in [0.1, 0.15) is 11.5 Å². The Morgan fingerprint density at radius 3 is 2.36 bits per heavy atom. The van der Waals surface area contributed by atoms with Crippen molar-refractivity contribution in [3.63, 3.8) is 0 Å². The van der Waals surface area contributed by atoms with E-state index >= 15 is 0 Å². The van der Waals surface area contributed by atoms with Crippen molar-refractivity contribution in [3.05, 3.63) is 102 Å². The summed E-state index contributed by atoms with van der Waals surface area (Å²) in [5, 5.41) is 3.00. The SMILES string of the molecule is CC(C)CC(=O)N1CCc2oc(-c3cccc(NC(=O)c4ccc(-c5ccccc5)cc4)c3)cc2C1. The van der Waals surface area contributed by atoms with Crippen molar-refractivity contribution < 1.29 is 14.0 Å². The van der Waals surface area contributed by atoms with Gasteiger partial charge >= 0.3 is 0 Å². The molecule has 3 aromatic carbocycles. The number of anilines is 1. The molecule has 2 amide bonds. The molecule has 5 rings (SSSR count). The fraction of sp³-hybridized carbons (Fsp3) is 0.226. The zero-order valence-corrected chi connectivity index (χ0v) is 20.7. The normalized spacial score (nSPS) is 12.9. The molecule has 1 aliphatic rings. The second kappa shape index (κ2) is 10.2. The average Bonchev–Trinajstić information content (AvgIpc) is 3.33. The van der Waals surface area contributed by atoms with Crippen LogP contribution in [-0.2, 0) is 17.8 Å². The van der Waals surface area contributed by atoms with Crippen LogP contribution < -0.4 is 5.32 Å². The Labute approximate surface area is 211 Å². The minimum absolute atomic E-state index is 0.162. The third-order valence-electron chi connectivity index (χ3n) is 6.46. The first kappa shape index (κ1) is 23.6. The van der Waals surface area contributed by atoms with Gasteiger partial charge in [0.05, 0.1) is 0 Å². The summed E-state index contributed by atoms with van der Waals surface area (Å²) in [5.74, 6) is 2.07. The number of hydrogen-bond donors (Lipinski definition) is 1. The molecule has 0 radical (unpaired) electrons. The van der Waals surface area contributed by atoms with Crippen LogP contribution >= 0.6 is 0 Å². The standard InChI is InChI=1S/C31H30N2O3/c1-21(2)17-30(34)33-16-15-28-26(20-33)19-29(36-28)25-9-6-10-27(18-25)32-31(35)24-13-11-23(12-14-24)22-7-4-3-5-8-22/h3-14,18-19,21H,15-17,20H2,1-2H3,(H,32,35). The highest BCUT2D eigenvalue weighted by atomic mass is 16.3. The van der Waals surface area contributed by atoms with E-state index in [9.17, 15) is 9.59 Å². The maximum absolute atomic E-state index is 12.9. The Kier molecular flexibility index (Phi) is 6.72. The molecule has 36 heavy (non-hydrogen) atoms. The first-order valence-electron chi connectivity index (χ1n) is 12.4. The van der Waals surface area contributed by atoms with Gasteiger partial charge in [-0.15, -0.1) is 0 Å². The summed E-state index contributed by atoms with van der Waals surface area (Å²) in [6.07, 6.45) is 1.28. The van der Waals surface area contributed by atoms with Crippen LogP contribution in [0.2, 0.25) is 0 Å². The molecule has 2 heterocycles. The Balaban J connectivity index is 1.28. The Hall–Kier alpha value is -4.12. The van der Waals surface area contributed by atoms with E-state index in [1.54, 1.807) is 0 Å². The van der Waals surface area contributed by atoms with Crippen LogP contribution in [0.3, 0.4) is 0 Å². The van der Waals surface area contributed by atoms with E-state index in [0.29, 0.717) is 43.1 Å². The van der Waals surface area contributed by atoms with E-state index in [-0.39, 0.29) is 11.8 Å². The highest BCUT2D eigenvalue weighted by Gasteiger charge is 2.24. The second-order valence-corrected chi connectivity index (χ2v) is 9.70. The van der Waals surface area contributed by atoms with Gasteiger partial charge in [-0.1, -0.05) is 68.4 Å². The highest BCUT2D eigenvalue weighted by Crippen LogP contribution is 2.31. The number of furan rings is 1. The van der Waals surface area contributed by atoms with E-state index < -0.39 is 0 Å². The molecule has 0 spiro atoms. The largest absolute Gasteiger partial charge is 0.461 e. The van der Waals surface area contributed by atoms with E-state index in [2.05, 4.69) is 19.2 Å². The fourth-order valence-electron chi connectivity index (χ4n) is 4.56. The minimum atomic E-state index is -0.162. The molecular weight excluding hydrogens is 448 g/mol. The van der Waals surface area contributed by atoms with E-state index in [1.165, 1.54) is 0 Å². The first-order valence-corrected chi connectivity index (χ1v) is 12.4. The number of carbonyl (C=O) groups excluding carboxylic acids is 2. The van der Waals surface area contributed by atoms with Crippen molar-refractivity contribution in [2.24, 2.45) is 5.92 Å². The third-order valence-corrected chi connectivity index (χ3v) is 6.46. The van der Waals surface area contributed by atoms with Crippen LogP contribution in [0.15, 0.2) is 89.3 Å². The monoisotopic (exact) mass is 478 g/mol. The quantitative estimate of drug-likeness (QED) is 0.332. The first-order chi connectivity index (χ1) is 17.5. The molecule has 182 valence electrons. The summed E-state index contributed by atoms with van der Waals surface area (Å²) < 4.78 is 6.15. The van der Waals surface area contributed by atoms with Crippen LogP contribution in [0, 0.1) is 5.92 Å². The van der Waals surface area contributed by atoms with Crippen LogP contribution in [0.5, 0.6) is 0 Å². The zero-order chi connectivity index (χ0) is 25.1. The number of fused-ring (bicyclic) bond motifs is 1. The van der Waals surface area contributed by atoms with Crippen molar-refractivity contribution in [2.75, 3.05) is 11.9 Å². The van der Waals surface area contributed by atoms with Gasteiger partial charge in [0.2, 0.25) is 5.91 Å². The van der Waals surface area contributed by atoms with Gasteiger partial charge < -0.3 is 14.6 Å². The molecule has 1 aromatic heterocycles. The lowest BCUT2D eigenvalue weighted by Crippen LogP contribution is -2.35. The number of hydrogen-bond acceptors (Lipinski definition) is 3. The second-order valence-electron chi connectivity index (χ2n) is 9.70. The Morgan fingerprint density at radius 1 is 0.889 bits per heavy atom. The molecule has 0 saturated carbocycles. The predicted molar refractivity (Wildman–Crippen MR) is 143 cm³/mol. The third kappa shape index (κ3) is 5.25. The summed E-state index contributed by atoms with van der Waals surface area (Å²) in [7, 11) is 0. The van der Waals surface area contributed by atoms with E-state index in [0.717, 1.165) is 33.8 Å². The number of nitrogens with zero attached hydrogens (tertiary/aromatic N) is 1. The molecule has 1 N–H and O–H groups in total. The maximum Gasteiger partial charge on any atom is 0.255 e. The van der Waals surface area contributed by atoms with Crippen molar-refractivity contribution in [1.29, 1.82) is 0 Å². The predicted octanol–water partition coefficient (Wildman–Crippen LogP) is 6.80. The number of amides is 2. The van der Waals surface area contributed by atoms with Crippen molar-refractivity contribution in [2.45, 2.75) is 33.2 Å². The summed E-state index contributed by atoms with van der Waals surface area (Å²) in [6.45, 7) is 5.40. The summed E-state index contributed by atoms with van der Waals surface area (Å²) in [5.41, 5.74) is 5.43. The Morgan fingerprint density at radius 2 is 1.61 bits per heavy atom. The number of nitrogens with one attached hydrogen (secondary N) is 1. The maximum atomic E-state index is 12.9. The molecule has 5 heteroatoms. The van der Waals surface area contributed by atoms with Gasteiger partial charge in [-0.05, 0) is 47.4 Å². The van der Waals surface area contributed by atoms with Crippen LogP contribution in [0.25, 0.3) is 22.5 Å². The molecule has 0 bridgehead atoms. The van der Waals surface area contributed by atoms with Gasteiger partial charge in [-0.25, -0.2) is 0 Å². The number of carbonyl (C=O) groups is 2. The summed E-state index contributed by atoms with van der Waals surface area (Å²) in [4.78, 5) is 27.3. The molecule has 0 atom stereocenters. The molecule has 5 nitrogen and oxygen atoms in total. The minimum Gasteiger partial charge on any atom is -0.461 e. The van der Waals surface area contributed by atoms with Gasteiger partial charge in [0, 0.05) is 48.3 Å². The van der Waals surface area contributed by atoms with Gasteiger partial charge in [0.25, 0.3) is 5.91 Å². The van der Waals surface area contributed by atoms with Gasteiger partial charge in [-0.2, -0.15) is 0 Å². The molecule has 0 unspecified atom stereocenters. The lowest BCUT2D eigenvalue weighted by Gasteiger charge is -2.26. The lowest BCUT2D eigenvalue weighted by atomic mass is 10.0. The molecule has 0 saturated heterocycles. The lowest BCUT2D eigenvalue weighted by molar-refractivity contribution is -0.132. The number of rotatable bonds is 6. The summed E-state index contributed by atoms with van der Waals surface area (Å²) in [6, 6.07) is 27.4. The molecule has 0 fully saturated rings. The fourth-order valence-corrected chi connectivity index (χ4v) is 4.56. The number of benzene rings is 3. The van der Waals surface area contributed by atoms with Gasteiger partial charge in [-0.3, -0.25) is 9.59 Å². The zero-order valence-electron chi connectivity index (χ0n) is 20.7. The highest BCUT2D eigenvalue weighted by molar-refractivity contribution is 6.04. The van der Waals surface area contributed by atoms with Crippen molar-refractivity contribution in [1.82, 2.24) is 4.90 Å². The molecule has 1 aliphatic heterocycles. The van der Waals surface area contributed by atoms with Crippen molar-refractivity contribution in [3.8, 4) is 22.5 Å². The van der Waals surface area contributed by atoms with E-state index in [1.807, 2.05) is 89.8 Å². The topological polar surface area (TPSA) is 62.6 Å². The van der Waals surface area contributed by atoms with Crippen LogP contribution in [-0.4, -0.2) is 23.3 Å². The van der Waals surface area contributed by atoms with Gasteiger partial charge in [0.15, 0.2) is 0 Å². The van der Waals surface area contributed by atoms with E-state index in [4.69, 9.17) is 4.42 Å². The molecule has 0 aliphatic carbocycles. The molecular formula is C31H30N2O3.